The molecule has 4 aromatic rings. The molecule has 0 bridgehead atoms. The molecule has 10 heteroatoms. The lowest BCUT2D eigenvalue weighted by Gasteiger charge is -2.30. The van der Waals surface area contributed by atoms with Gasteiger partial charge >= 0.3 is 0 Å². The highest BCUT2D eigenvalue weighted by molar-refractivity contribution is 6.09. The molecule has 0 saturated heterocycles. The molecule has 190 valence electrons. The average molecular weight is 509 g/mol. The van der Waals surface area contributed by atoms with Crippen molar-refractivity contribution in [2.75, 3.05) is 16.0 Å². The van der Waals surface area contributed by atoms with Crippen LogP contribution in [0, 0.1) is 17.0 Å². The average Bonchev–Trinajstić information content (AvgIpc) is 3.32. The number of aromatic nitrogens is 2. The monoisotopic (exact) mass is 508 g/mol. The molecule has 3 N–H and O–H groups in total. The summed E-state index contributed by atoms with van der Waals surface area (Å²) in [4.78, 5) is 37.8. The molecule has 0 radical (unpaired) electrons. The van der Waals surface area contributed by atoms with E-state index in [2.05, 4.69) is 21.0 Å². The van der Waals surface area contributed by atoms with Crippen LogP contribution < -0.4 is 16.0 Å². The fourth-order valence-electron chi connectivity index (χ4n) is 4.47. The maximum atomic E-state index is 13.5. The van der Waals surface area contributed by atoms with Gasteiger partial charge in [-0.05, 0) is 49.2 Å². The minimum atomic E-state index is -0.824. The maximum Gasteiger partial charge on any atom is 0.269 e. The molecule has 2 amide bonds. The number of hydrogen-bond donors (Lipinski definition) is 3. The number of nitrogens with one attached hydrogen (secondary N) is 3. The Hall–Kier alpha value is -5.25. The number of nitrogens with zero attached hydrogens (tertiary/aromatic N) is 3. The third kappa shape index (κ3) is 4.74. The minimum absolute atomic E-state index is 0.118. The van der Waals surface area contributed by atoms with Crippen LogP contribution in [-0.2, 0) is 4.79 Å². The summed E-state index contributed by atoms with van der Waals surface area (Å²) in [6, 6.07) is 21.6. The number of carbonyl (C=O) groups is 2. The van der Waals surface area contributed by atoms with Gasteiger partial charge < -0.3 is 16.0 Å². The maximum absolute atomic E-state index is 13.5. The van der Waals surface area contributed by atoms with Crippen LogP contribution in [0.4, 0.5) is 22.9 Å². The summed E-state index contributed by atoms with van der Waals surface area (Å²) < 4.78 is 1.51. The van der Waals surface area contributed by atoms with Crippen molar-refractivity contribution in [2.24, 2.45) is 0 Å². The standard InChI is InChI=1S/C28H24N6O4/c1-17-8-6-12-21(14-17)32-27(35)23-16-29-33-25(19-9-7-13-22(15-19)34(37)38)24(18(2)30-26(23)33)28(36)31-20-10-4-3-5-11-20/h3-16,25,30H,1-2H3,(H,31,36)(H,32,35). The van der Waals surface area contributed by atoms with Gasteiger partial charge in [-0.25, -0.2) is 4.68 Å². The van der Waals surface area contributed by atoms with E-state index in [9.17, 15) is 19.7 Å². The Morgan fingerprint density at radius 2 is 1.63 bits per heavy atom. The predicted molar refractivity (Wildman–Crippen MR) is 144 cm³/mol. The first-order valence-corrected chi connectivity index (χ1v) is 11.9. The molecule has 1 aromatic heterocycles. The number of amides is 2. The van der Waals surface area contributed by atoms with E-state index in [-0.39, 0.29) is 17.2 Å². The van der Waals surface area contributed by atoms with E-state index in [1.54, 1.807) is 49.4 Å². The molecule has 3 aromatic carbocycles. The Balaban J connectivity index is 1.57. The van der Waals surface area contributed by atoms with E-state index in [4.69, 9.17) is 0 Å². The zero-order valence-electron chi connectivity index (χ0n) is 20.6. The zero-order valence-corrected chi connectivity index (χ0v) is 20.6. The lowest BCUT2D eigenvalue weighted by Crippen LogP contribution is -2.32. The van der Waals surface area contributed by atoms with Crippen LogP contribution in [0.5, 0.6) is 0 Å². The normalized spacial score (nSPS) is 14.3. The van der Waals surface area contributed by atoms with Gasteiger partial charge in [0.15, 0.2) is 0 Å². The summed E-state index contributed by atoms with van der Waals surface area (Å²) in [6.07, 6.45) is 1.42. The number of benzene rings is 3. The minimum Gasteiger partial charge on any atom is -0.343 e. The number of nitro benzene ring substituents is 1. The molecule has 1 aliphatic heterocycles. The molecule has 1 unspecified atom stereocenters. The smallest absolute Gasteiger partial charge is 0.269 e. The van der Waals surface area contributed by atoms with Crippen LogP contribution in [0.1, 0.15) is 34.5 Å². The number of aryl methyl sites for hydroxylation is 1. The second kappa shape index (κ2) is 10.0. The first kappa shape index (κ1) is 24.4. The number of carbonyl (C=O) groups excluding carboxylic acids is 2. The Bertz CT molecular complexity index is 1590. The number of fused-ring (bicyclic) bond motifs is 1. The molecule has 0 aliphatic carbocycles. The van der Waals surface area contributed by atoms with Gasteiger partial charge in [-0.1, -0.05) is 42.5 Å². The van der Waals surface area contributed by atoms with E-state index in [0.29, 0.717) is 34.0 Å². The SMILES string of the molecule is CC1=C(C(=O)Nc2ccccc2)C(c2cccc([N+](=O)[O-])c2)n2ncc(C(=O)Nc3cccc(C)c3)c2N1. The number of nitro groups is 1. The van der Waals surface area contributed by atoms with Gasteiger partial charge in [0.1, 0.15) is 17.4 Å². The second-order valence-corrected chi connectivity index (χ2v) is 8.91. The summed E-state index contributed by atoms with van der Waals surface area (Å²) in [5.41, 5.74) is 3.67. The topological polar surface area (TPSA) is 131 Å². The fraction of sp³-hybridized carbons (Fsp3) is 0.107. The molecular weight excluding hydrogens is 484 g/mol. The van der Waals surface area contributed by atoms with Crippen molar-refractivity contribution < 1.29 is 14.5 Å². The Morgan fingerprint density at radius 3 is 2.37 bits per heavy atom. The van der Waals surface area contributed by atoms with Crippen LogP contribution >= 0.6 is 0 Å². The van der Waals surface area contributed by atoms with Crippen molar-refractivity contribution in [2.45, 2.75) is 19.9 Å². The van der Waals surface area contributed by atoms with E-state index < -0.39 is 16.9 Å². The summed E-state index contributed by atoms with van der Waals surface area (Å²) in [6.45, 7) is 3.65. The van der Waals surface area contributed by atoms with Gasteiger partial charge in [0, 0.05) is 29.2 Å². The lowest BCUT2D eigenvalue weighted by atomic mass is 9.94. The van der Waals surface area contributed by atoms with E-state index >= 15 is 0 Å². The number of hydrogen-bond acceptors (Lipinski definition) is 6. The van der Waals surface area contributed by atoms with Crippen molar-refractivity contribution in [3.63, 3.8) is 0 Å². The van der Waals surface area contributed by atoms with E-state index in [1.807, 2.05) is 31.2 Å². The van der Waals surface area contributed by atoms with Gasteiger partial charge in [-0.2, -0.15) is 5.10 Å². The van der Waals surface area contributed by atoms with Crippen molar-refractivity contribution in [3.05, 3.63) is 123 Å². The number of non-ortho nitro benzene ring substituents is 1. The van der Waals surface area contributed by atoms with E-state index in [0.717, 1.165) is 5.56 Å². The number of rotatable bonds is 6. The lowest BCUT2D eigenvalue weighted by molar-refractivity contribution is -0.384. The summed E-state index contributed by atoms with van der Waals surface area (Å²) in [5.74, 6) is -0.405. The molecule has 10 nitrogen and oxygen atoms in total. The van der Waals surface area contributed by atoms with Crippen LogP contribution in [0.15, 0.2) is 96.3 Å². The predicted octanol–water partition coefficient (Wildman–Crippen LogP) is 5.28. The number of anilines is 3. The Morgan fingerprint density at radius 1 is 0.921 bits per heavy atom. The summed E-state index contributed by atoms with van der Waals surface area (Å²) in [7, 11) is 0. The molecule has 0 saturated carbocycles. The molecule has 5 rings (SSSR count). The Labute approximate surface area is 218 Å². The second-order valence-electron chi connectivity index (χ2n) is 8.91. The van der Waals surface area contributed by atoms with Crippen molar-refractivity contribution in [1.82, 2.24) is 9.78 Å². The highest BCUT2D eigenvalue weighted by atomic mass is 16.6. The van der Waals surface area contributed by atoms with Crippen LogP contribution in [0.25, 0.3) is 0 Å². The van der Waals surface area contributed by atoms with Gasteiger partial charge in [0.2, 0.25) is 0 Å². The van der Waals surface area contributed by atoms with Gasteiger partial charge in [0.05, 0.1) is 16.7 Å². The van der Waals surface area contributed by atoms with E-state index in [1.165, 1.54) is 23.0 Å². The van der Waals surface area contributed by atoms with Crippen LogP contribution in [-0.4, -0.2) is 26.5 Å². The highest BCUT2D eigenvalue weighted by Gasteiger charge is 2.36. The highest BCUT2D eigenvalue weighted by Crippen LogP contribution is 2.38. The molecule has 1 aliphatic rings. The fourth-order valence-corrected chi connectivity index (χ4v) is 4.47. The largest absolute Gasteiger partial charge is 0.343 e. The third-order valence-corrected chi connectivity index (χ3v) is 6.22. The van der Waals surface area contributed by atoms with Crippen LogP contribution in [0.3, 0.4) is 0 Å². The molecule has 0 spiro atoms. The van der Waals surface area contributed by atoms with Crippen LogP contribution in [0.2, 0.25) is 0 Å². The first-order chi connectivity index (χ1) is 18.3. The summed E-state index contributed by atoms with van der Waals surface area (Å²) >= 11 is 0. The summed E-state index contributed by atoms with van der Waals surface area (Å²) in [5, 5.41) is 24.9. The van der Waals surface area contributed by atoms with Crippen molar-refractivity contribution >= 4 is 34.7 Å². The van der Waals surface area contributed by atoms with Gasteiger partial charge in [-0.15, -0.1) is 0 Å². The zero-order chi connectivity index (χ0) is 26.8. The molecule has 0 fully saturated rings. The van der Waals surface area contributed by atoms with Gasteiger partial charge in [-0.3, -0.25) is 19.7 Å². The number of para-hydroxylation sites is 1. The Kier molecular flexibility index (Phi) is 6.44. The number of allylic oxidation sites excluding steroid dienone is 1. The molecule has 2 heterocycles. The quantitative estimate of drug-likeness (QED) is 0.240. The third-order valence-electron chi connectivity index (χ3n) is 6.22. The molecular formula is C28H24N6O4. The first-order valence-electron chi connectivity index (χ1n) is 11.9. The molecule has 38 heavy (non-hydrogen) atoms. The molecule has 1 atom stereocenters. The van der Waals surface area contributed by atoms with Crippen molar-refractivity contribution in [3.8, 4) is 0 Å². The van der Waals surface area contributed by atoms with Gasteiger partial charge in [0.25, 0.3) is 17.5 Å². The van der Waals surface area contributed by atoms with Crippen molar-refractivity contribution in [1.29, 1.82) is 0 Å².